The van der Waals surface area contributed by atoms with E-state index < -0.39 is 0 Å². The molecule has 1 rings (SSSR count). The van der Waals surface area contributed by atoms with Crippen molar-refractivity contribution in [2.24, 2.45) is 28.4 Å². The zero-order valence-corrected chi connectivity index (χ0v) is 8.46. The van der Waals surface area contributed by atoms with E-state index in [1.165, 1.54) is 12.8 Å². The molecule has 1 saturated carbocycles. The Morgan fingerprint density at radius 3 is 2.69 bits per heavy atom. The Balaban J connectivity index is 2.58. The van der Waals surface area contributed by atoms with Crippen molar-refractivity contribution in [3.63, 3.8) is 0 Å². The molecular weight excluding hydrogens is 164 g/mol. The molecule has 0 aromatic rings. The molecule has 0 aromatic carbocycles. The molecule has 0 spiro atoms. The van der Waals surface area contributed by atoms with Gasteiger partial charge in [0.15, 0.2) is 0 Å². The number of hydrogen-bond donors (Lipinski definition) is 3. The van der Waals surface area contributed by atoms with Gasteiger partial charge in [0.05, 0.1) is 6.04 Å². The maximum atomic E-state index is 5.53. The van der Waals surface area contributed by atoms with Crippen molar-refractivity contribution in [3.05, 3.63) is 0 Å². The van der Waals surface area contributed by atoms with Crippen LogP contribution >= 0.6 is 0 Å². The molecule has 1 aliphatic rings. The topological polar surface area (TPSA) is 76.4 Å². The molecule has 4 heteroatoms. The Morgan fingerprint density at radius 2 is 2.08 bits per heavy atom. The minimum Gasteiger partial charge on any atom is -0.369 e. The lowest BCUT2D eigenvalue weighted by atomic mass is 9.78. The smallest absolute Gasteiger partial charge is 0.203 e. The van der Waals surface area contributed by atoms with E-state index in [4.69, 9.17) is 11.6 Å². The van der Waals surface area contributed by atoms with E-state index in [0.717, 1.165) is 12.3 Å². The number of hydrogen-bond acceptors (Lipinski definition) is 2. The van der Waals surface area contributed by atoms with E-state index in [2.05, 4.69) is 24.3 Å². The molecule has 3 atom stereocenters. The van der Waals surface area contributed by atoms with Crippen molar-refractivity contribution in [1.82, 2.24) is 5.43 Å². The summed E-state index contributed by atoms with van der Waals surface area (Å²) in [6.07, 6.45) is 3.69. The van der Waals surface area contributed by atoms with Gasteiger partial charge < -0.3 is 5.73 Å². The number of guanidine groups is 1. The Labute approximate surface area is 79.7 Å². The fraction of sp³-hybridized carbons (Fsp3) is 0.889. The van der Waals surface area contributed by atoms with Gasteiger partial charge in [0.1, 0.15) is 0 Å². The molecule has 0 bridgehead atoms. The second-order valence-corrected chi connectivity index (χ2v) is 3.99. The summed E-state index contributed by atoms with van der Waals surface area (Å²) in [4.78, 5) is 4.34. The molecule has 76 valence electrons. The lowest BCUT2D eigenvalue weighted by molar-refractivity contribution is 0.241. The molecule has 0 saturated heterocycles. The van der Waals surface area contributed by atoms with E-state index in [0.29, 0.717) is 17.9 Å². The first-order chi connectivity index (χ1) is 6.15. The molecule has 0 aliphatic heterocycles. The maximum Gasteiger partial charge on any atom is 0.203 e. The van der Waals surface area contributed by atoms with Gasteiger partial charge in [0, 0.05) is 0 Å². The molecule has 4 nitrogen and oxygen atoms in total. The lowest BCUT2D eigenvalue weighted by Crippen LogP contribution is -2.39. The molecule has 13 heavy (non-hydrogen) atoms. The first-order valence-electron chi connectivity index (χ1n) is 4.95. The zero-order valence-electron chi connectivity index (χ0n) is 8.46. The van der Waals surface area contributed by atoms with Crippen LogP contribution < -0.4 is 17.0 Å². The summed E-state index contributed by atoms with van der Waals surface area (Å²) in [6.45, 7) is 4.51. The van der Waals surface area contributed by atoms with E-state index in [1.54, 1.807) is 0 Å². The lowest BCUT2D eigenvalue weighted by Gasteiger charge is -2.31. The average Bonchev–Trinajstić information content (AvgIpc) is 2.13. The number of aliphatic imine (C=N–C) groups is 1. The number of hydrazine groups is 1. The highest BCUT2D eigenvalue weighted by Crippen LogP contribution is 2.31. The van der Waals surface area contributed by atoms with Crippen LogP contribution in [0.15, 0.2) is 4.99 Å². The van der Waals surface area contributed by atoms with Gasteiger partial charge in [-0.05, 0) is 18.3 Å². The van der Waals surface area contributed by atoms with E-state index in [-0.39, 0.29) is 0 Å². The van der Waals surface area contributed by atoms with Crippen molar-refractivity contribution < 1.29 is 0 Å². The normalized spacial score (nSPS) is 35.9. The summed E-state index contributed by atoms with van der Waals surface area (Å²) in [7, 11) is 0. The van der Waals surface area contributed by atoms with Gasteiger partial charge in [-0.15, -0.1) is 0 Å². The van der Waals surface area contributed by atoms with Gasteiger partial charge in [0.25, 0.3) is 0 Å². The van der Waals surface area contributed by atoms with Gasteiger partial charge in [-0.3, -0.25) is 5.43 Å². The Hall–Kier alpha value is -0.770. The van der Waals surface area contributed by atoms with Crippen molar-refractivity contribution >= 4 is 5.96 Å². The second-order valence-electron chi connectivity index (χ2n) is 3.99. The molecular formula is C9H20N4. The molecule has 5 N–H and O–H groups in total. The summed E-state index contributed by atoms with van der Waals surface area (Å²) in [5, 5.41) is 0. The fourth-order valence-corrected chi connectivity index (χ4v) is 1.95. The minimum absolute atomic E-state index is 0.347. The van der Waals surface area contributed by atoms with Crippen molar-refractivity contribution in [1.29, 1.82) is 0 Å². The van der Waals surface area contributed by atoms with Crippen LogP contribution in [0.25, 0.3) is 0 Å². The summed E-state index contributed by atoms with van der Waals surface area (Å²) < 4.78 is 0. The number of nitrogens with two attached hydrogens (primary N) is 2. The monoisotopic (exact) mass is 184 g/mol. The third-order valence-electron chi connectivity index (χ3n) is 3.12. The molecule has 1 aliphatic carbocycles. The third kappa shape index (κ3) is 2.59. The second kappa shape index (κ2) is 4.46. The fourth-order valence-electron chi connectivity index (χ4n) is 1.95. The molecule has 0 heterocycles. The highest BCUT2D eigenvalue weighted by atomic mass is 15.3. The molecule has 0 radical (unpaired) electrons. The van der Waals surface area contributed by atoms with Gasteiger partial charge >= 0.3 is 0 Å². The van der Waals surface area contributed by atoms with Crippen LogP contribution in [0.4, 0.5) is 0 Å². The van der Waals surface area contributed by atoms with Crippen LogP contribution in [0, 0.1) is 11.8 Å². The molecule has 3 unspecified atom stereocenters. The Morgan fingerprint density at radius 1 is 1.38 bits per heavy atom. The first-order valence-corrected chi connectivity index (χ1v) is 4.95. The highest BCUT2D eigenvalue weighted by molar-refractivity contribution is 5.77. The van der Waals surface area contributed by atoms with Crippen molar-refractivity contribution in [3.8, 4) is 0 Å². The summed E-state index contributed by atoms with van der Waals surface area (Å²) in [5.41, 5.74) is 7.90. The SMILES string of the molecule is CC1CCCC(N=C(N)NN)C1C. The van der Waals surface area contributed by atoms with Gasteiger partial charge in [0.2, 0.25) is 5.96 Å². The van der Waals surface area contributed by atoms with Crippen LogP contribution in [-0.4, -0.2) is 12.0 Å². The van der Waals surface area contributed by atoms with E-state index in [1.807, 2.05) is 0 Å². The van der Waals surface area contributed by atoms with Crippen molar-refractivity contribution in [2.45, 2.75) is 39.2 Å². The quantitative estimate of drug-likeness (QED) is 0.241. The summed E-state index contributed by atoms with van der Waals surface area (Å²) in [6, 6.07) is 0.347. The van der Waals surface area contributed by atoms with E-state index in [9.17, 15) is 0 Å². The van der Waals surface area contributed by atoms with Gasteiger partial charge in [-0.2, -0.15) is 0 Å². The summed E-state index contributed by atoms with van der Waals surface area (Å²) in [5.74, 6) is 6.87. The number of nitrogens with zero attached hydrogens (tertiary/aromatic N) is 1. The zero-order chi connectivity index (χ0) is 9.84. The van der Waals surface area contributed by atoms with Crippen LogP contribution in [0.2, 0.25) is 0 Å². The molecule has 0 aromatic heterocycles. The summed E-state index contributed by atoms with van der Waals surface area (Å²) >= 11 is 0. The average molecular weight is 184 g/mol. The number of rotatable bonds is 1. The van der Waals surface area contributed by atoms with Crippen LogP contribution in [0.3, 0.4) is 0 Å². The van der Waals surface area contributed by atoms with E-state index >= 15 is 0 Å². The predicted molar refractivity (Wildman–Crippen MR) is 54.9 cm³/mol. The Kier molecular flexibility index (Phi) is 3.54. The number of nitrogens with one attached hydrogen (secondary N) is 1. The third-order valence-corrected chi connectivity index (χ3v) is 3.12. The van der Waals surface area contributed by atoms with Crippen LogP contribution in [0.1, 0.15) is 33.1 Å². The van der Waals surface area contributed by atoms with Crippen LogP contribution in [-0.2, 0) is 0 Å². The predicted octanol–water partition coefficient (Wildman–Crippen LogP) is 0.589. The largest absolute Gasteiger partial charge is 0.369 e. The standard InChI is InChI=1S/C9H20N4/c1-6-4-3-5-8(7(6)2)12-9(10)13-11/h6-8H,3-5,11H2,1-2H3,(H3,10,12,13). The Bertz CT molecular complexity index is 190. The maximum absolute atomic E-state index is 5.53. The first kappa shape index (κ1) is 10.3. The van der Waals surface area contributed by atoms with Crippen LogP contribution in [0.5, 0.6) is 0 Å². The van der Waals surface area contributed by atoms with Gasteiger partial charge in [-0.1, -0.05) is 26.7 Å². The minimum atomic E-state index is 0.347. The molecule has 0 amide bonds. The van der Waals surface area contributed by atoms with Crippen molar-refractivity contribution in [2.75, 3.05) is 0 Å². The van der Waals surface area contributed by atoms with Gasteiger partial charge in [-0.25, -0.2) is 10.8 Å². The molecule has 1 fully saturated rings. The highest BCUT2D eigenvalue weighted by Gasteiger charge is 2.26.